The van der Waals surface area contributed by atoms with E-state index in [1.54, 1.807) is 14.2 Å². The maximum atomic E-state index is 5.51. The van der Waals surface area contributed by atoms with Crippen molar-refractivity contribution in [2.24, 2.45) is 5.73 Å². The molecule has 0 aliphatic rings. The quantitative estimate of drug-likeness (QED) is 0.593. The first kappa shape index (κ1) is 10.9. The average Bonchev–Trinajstić information content (AvgIpc) is 2.05. The minimum Gasteiger partial charge on any atom is -0.385 e. The van der Waals surface area contributed by atoms with Crippen LogP contribution >= 0.6 is 0 Å². The minimum absolute atomic E-state index is 0.646. The van der Waals surface area contributed by atoms with Crippen molar-refractivity contribution in [1.29, 1.82) is 0 Å². The van der Waals surface area contributed by atoms with Gasteiger partial charge in [0.05, 0.1) is 0 Å². The Bertz CT molecular complexity index is 70.5. The summed E-state index contributed by atoms with van der Waals surface area (Å²) < 4.78 is 9.87. The Morgan fingerprint density at radius 1 is 1.09 bits per heavy atom. The van der Waals surface area contributed by atoms with Gasteiger partial charge in [0.15, 0.2) is 0 Å². The van der Waals surface area contributed by atoms with Crippen molar-refractivity contribution in [3.05, 3.63) is 5.92 Å². The minimum atomic E-state index is 0.646. The van der Waals surface area contributed by atoms with Gasteiger partial charge in [0, 0.05) is 27.4 Å². The number of ether oxygens (including phenoxy) is 2. The highest BCUT2D eigenvalue weighted by molar-refractivity contribution is 4.90. The molecule has 0 atom stereocenters. The van der Waals surface area contributed by atoms with Gasteiger partial charge in [-0.15, -0.1) is 0 Å². The van der Waals surface area contributed by atoms with Crippen LogP contribution in [0.2, 0.25) is 0 Å². The monoisotopic (exact) mass is 160 g/mol. The molecule has 0 heterocycles. The predicted octanol–water partition coefficient (Wildman–Crippen LogP) is 0.593. The van der Waals surface area contributed by atoms with E-state index in [1.807, 2.05) is 0 Å². The molecule has 0 spiro atoms. The summed E-state index contributed by atoms with van der Waals surface area (Å²) in [4.78, 5) is 0. The first-order valence-electron chi connectivity index (χ1n) is 3.86. The highest BCUT2D eigenvalue weighted by Crippen LogP contribution is 2.08. The van der Waals surface area contributed by atoms with Crippen molar-refractivity contribution < 1.29 is 9.47 Å². The van der Waals surface area contributed by atoms with Crippen LogP contribution in [0.15, 0.2) is 0 Å². The molecule has 0 aromatic heterocycles. The van der Waals surface area contributed by atoms with Gasteiger partial charge in [0.2, 0.25) is 0 Å². The van der Waals surface area contributed by atoms with Gasteiger partial charge in [-0.3, -0.25) is 0 Å². The predicted molar refractivity (Wildman–Crippen MR) is 45.3 cm³/mol. The van der Waals surface area contributed by atoms with Crippen molar-refractivity contribution in [2.75, 3.05) is 34.0 Å². The van der Waals surface area contributed by atoms with E-state index in [0.717, 1.165) is 26.1 Å². The molecule has 0 unspecified atom stereocenters. The van der Waals surface area contributed by atoms with Gasteiger partial charge < -0.3 is 15.2 Å². The first-order chi connectivity index (χ1) is 5.35. The summed E-state index contributed by atoms with van der Waals surface area (Å²) in [6.07, 6.45) is 1.91. The van der Waals surface area contributed by atoms with E-state index in [1.165, 1.54) is 5.92 Å². The largest absolute Gasteiger partial charge is 0.385 e. The van der Waals surface area contributed by atoms with E-state index in [4.69, 9.17) is 15.2 Å². The Labute approximate surface area is 68.9 Å². The van der Waals surface area contributed by atoms with Gasteiger partial charge in [-0.1, -0.05) is 0 Å². The maximum Gasteiger partial charge on any atom is 0.0468 e. The van der Waals surface area contributed by atoms with Crippen molar-refractivity contribution in [3.63, 3.8) is 0 Å². The fourth-order valence-electron chi connectivity index (χ4n) is 0.822. The van der Waals surface area contributed by atoms with Gasteiger partial charge in [-0.25, -0.2) is 0 Å². The molecule has 3 nitrogen and oxygen atoms in total. The molecule has 0 rings (SSSR count). The Kier molecular flexibility index (Phi) is 7.89. The molecule has 0 aromatic carbocycles. The van der Waals surface area contributed by atoms with Crippen LogP contribution in [0.25, 0.3) is 0 Å². The molecule has 0 bridgehead atoms. The second-order valence-electron chi connectivity index (χ2n) is 2.44. The smallest absolute Gasteiger partial charge is 0.0468 e. The van der Waals surface area contributed by atoms with Gasteiger partial charge in [0.25, 0.3) is 0 Å². The molecule has 0 aromatic rings. The number of nitrogens with two attached hydrogens (primary N) is 1. The molecule has 0 saturated carbocycles. The van der Waals surface area contributed by atoms with Crippen molar-refractivity contribution in [3.8, 4) is 0 Å². The molecule has 1 radical (unpaired) electrons. The molecule has 0 saturated heterocycles. The first-order valence-corrected chi connectivity index (χ1v) is 3.86. The van der Waals surface area contributed by atoms with E-state index in [2.05, 4.69) is 0 Å². The molecule has 2 N–H and O–H groups in total. The fourth-order valence-corrected chi connectivity index (χ4v) is 0.822. The zero-order chi connectivity index (χ0) is 8.53. The lowest BCUT2D eigenvalue weighted by Crippen LogP contribution is -2.15. The molecule has 0 fully saturated rings. The summed E-state index contributed by atoms with van der Waals surface area (Å²) in [5, 5.41) is 0. The topological polar surface area (TPSA) is 44.5 Å². The number of rotatable bonds is 7. The van der Waals surface area contributed by atoms with E-state index < -0.39 is 0 Å². The van der Waals surface area contributed by atoms with Crippen LogP contribution in [0.4, 0.5) is 0 Å². The molecule has 0 amide bonds. The zero-order valence-electron chi connectivity index (χ0n) is 7.43. The van der Waals surface area contributed by atoms with Gasteiger partial charge >= 0.3 is 0 Å². The van der Waals surface area contributed by atoms with Crippen molar-refractivity contribution >= 4 is 0 Å². The summed E-state index contributed by atoms with van der Waals surface area (Å²) in [6, 6.07) is 0. The normalized spacial score (nSPS) is 10.9. The third-order valence-corrected chi connectivity index (χ3v) is 1.61. The van der Waals surface area contributed by atoms with Crippen LogP contribution in [0.5, 0.6) is 0 Å². The van der Waals surface area contributed by atoms with Crippen molar-refractivity contribution in [2.45, 2.75) is 12.8 Å². The standard InChI is InChI=1S/C8H18NO2/c1-10-5-3-8(7-9)4-6-11-2/h3-7,9H2,1-2H3. The lowest BCUT2D eigenvalue weighted by Gasteiger charge is -2.11. The lowest BCUT2D eigenvalue weighted by molar-refractivity contribution is 0.179. The third-order valence-electron chi connectivity index (χ3n) is 1.61. The summed E-state index contributed by atoms with van der Waals surface area (Å²) in [5.41, 5.74) is 5.51. The second-order valence-corrected chi connectivity index (χ2v) is 2.44. The Morgan fingerprint density at radius 2 is 1.55 bits per heavy atom. The third kappa shape index (κ3) is 6.28. The molecule has 0 aliphatic heterocycles. The molecule has 11 heavy (non-hydrogen) atoms. The Morgan fingerprint density at radius 3 is 1.82 bits per heavy atom. The Balaban J connectivity index is 3.25. The van der Waals surface area contributed by atoms with Crippen LogP contribution < -0.4 is 5.73 Å². The average molecular weight is 160 g/mol. The van der Waals surface area contributed by atoms with Gasteiger partial charge in [-0.05, 0) is 25.3 Å². The fraction of sp³-hybridized carbons (Fsp3) is 0.875. The Hall–Kier alpha value is -0.120. The van der Waals surface area contributed by atoms with E-state index in [-0.39, 0.29) is 0 Å². The van der Waals surface area contributed by atoms with E-state index >= 15 is 0 Å². The van der Waals surface area contributed by atoms with Crippen LogP contribution in [-0.4, -0.2) is 34.0 Å². The van der Waals surface area contributed by atoms with Crippen LogP contribution in [-0.2, 0) is 9.47 Å². The van der Waals surface area contributed by atoms with Crippen LogP contribution in [0, 0.1) is 5.92 Å². The van der Waals surface area contributed by atoms with E-state index in [0.29, 0.717) is 6.54 Å². The highest BCUT2D eigenvalue weighted by atomic mass is 16.5. The van der Waals surface area contributed by atoms with Gasteiger partial charge in [0.1, 0.15) is 0 Å². The zero-order valence-corrected chi connectivity index (χ0v) is 7.43. The molecular weight excluding hydrogens is 142 g/mol. The molecular formula is C8H18NO2. The van der Waals surface area contributed by atoms with Gasteiger partial charge in [-0.2, -0.15) is 0 Å². The van der Waals surface area contributed by atoms with Crippen molar-refractivity contribution in [1.82, 2.24) is 0 Å². The molecule has 3 heteroatoms. The summed E-state index contributed by atoms with van der Waals surface area (Å²) in [5.74, 6) is 1.31. The SMILES string of the molecule is COCC[C](CN)CCOC. The highest BCUT2D eigenvalue weighted by Gasteiger charge is 2.05. The summed E-state index contributed by atoms with van der Waals surface area (Å²) in [7, 11) is 3.40. The lowest BCUT2D eigenvalue weighted by atomic mass is 10.0. The molecule has 0 aliphatic carbocycles. The summed E-state index contributed by atoms with van der Waals surface area (Å²) >= 11 is 0. The molecule has 67 valence electrons. The van der Waals surface area contributed by atoms with Crippen LogP contribution in [0.3, 0.4) is 0 Å². The van der Waals surface area contributed by atoms with E-state index in [9.17, 15) is 0 Å². The summed E-state index contributed by atoms with van der Waals surface area (Å²) in [6.45, 7) is 2.17. The second kappa shape index (κ2) is 7.98. The number of hydrogen-bond acceptors (Lipinski definition) is 3. The van der Waals surface area contributed by atoms with Crippen LogP contribution in [0.1, 0.15) is 12.8 Å². The number of methoxy groups -OCH3 is 2. The number of hydrogen-bond donors (Lipinski definition) is 1. The maximum absolute atomic E-state index is 5.51.